The molecule has 0 radical (unpaired) electrons. The largest absolute Gasteiger partial charge is 0.466 e. The molecular weight excluding hydrogens is 851 g/mol. The minimum atomic E-state index is -0.845. The Kier molecular flexibility index (Phi) is 56.5. The van der Waals surface area contributed by atoms with Crippen molar-refractivity contribution in [2.24, 2.45) is 0 Å². The molecule has 0 fully saturated rings. The third kappa shape index (κ3) is 55.0. The van der Waals surface area contributed by atoms with E-state index in [4.69, 9.17) is 4.74 Å². The number of hydrogen-bond donors (Lipinski definition) is 3. The van der Waals surface area contributed by atoms with Gasteiger partial charge in [0.2, 0.25) is 5.91 Å². The molecule has 0 aliphatic heterocycles. The second-order valence-corrected chi connectivity index (χ2v) is 20.7. The number of unbranched alkanes of at least 4 members (excludes halogenated alkanes) is 39. The van der Waals surface area contributed by atoms with Crippen molar-refractivity contribution in [2.45, 2.75) is 328 Å². The molecule has 0 rings (SSSR count). The van der Waals surface area contributed by atoms with Gasteiger partial charge in [0.15, 0.2) is 0 Å². The summed E-state index contributed by atoms with van der Waals surface area (Å²) in [6, 6.07) is -0.629. The fourth-order valence-corrected chi connectivity index (χ4v) is 9.12. The van der Waals surface area contributed by atoms with Crippen molar-refractivity contribution in [3.05, 3.63) is 48.6 Å². The van der Waals surface area contributed by atoms with Crippen molar-refractivity contribution in [2.75, 3.05) is 13.2 Å². The Morgan fingerprint density at radius 1 is 0.406 bits per heavy atom. The van der Waals surface area contributed by atoms with Crippen LogP contribution in [0.4, 0.5) is 0 Å². The van der Waals surface area contributed by atoms with Gasteiger partial charge in [-0.3, -0.25) is 9.59 Å². The molecule has 0 spiro atoms. The Labute approximate surface area is 429 Å². The molecule has 69 heavy (non-hydrogen) atoms. The highest BCUT2D eigenvalue weighted by Gasteiger charge is 2.18. The first-order valence-electron chi connectivity index (χ1n) is 30.4. The van der Waals surface area contributed by atoms with Crippen molar-refractivity contribution in [3.8, 4) is 0 Å². The highest BCUT2D eigenvalue weighted by Crippen LogP contribution is 2.16. The summed E-state index contributed by atoms with van der Waals surface area (Å²) >= 11 is 0. The lowest BCUT2D eigenvalue weighted by atomic mass is 10.0. The maximum atomic E-state index is 12.4. The molecule has 6 heteroatoms. The van der Waals surface area contributed by atoms with E-state index in [1.54, 1.807) is 6.08 Å². The maximum absolute atomic E-state index is 12.4. The van der Waals surface area contributed by atoms with Gasteiger partial charge in [0.25, 0.3) is 0 Å². The van der Waals surface area contributed by atoms with E-state index in [-0.39, 0.29) is 18.5 Å². The Morgan fingerprint density at radius 2 is 0.739 bits per heavy atom. The summed E-state index contributed by atoms with van der Waals surface area (Å²) in [6.45, 7) is 4.85. The molecule has 6 nitrogen and oxygen atoms in total. The fourth-order valence-electron chi connectivity index (χ4n) is 9.12. The molecule has 1 amide bonds. The molecule has 404 valence electrons. The molecule has 0 heterocycles. The Hall–Kier alpha value is -2.18. The summed E-state index contributed by atoms with van der Waals surface area (Å²) < 4.78 is 5.47. The maximum Gasteiger partial charge on any atom is 0.305 e. The smallest absolute Gasteiger partial charge is 0.305 e. The zero-order valence-corrected chi connectivity index (χ0v) is 46.0. The first-order valence-corrected chi connectivity index (χ1v) is 30.4. The minimum Gasteiger partial charge on any atom is -0.466 e. The van der Waals surface area contributed by atoms with Crippen molar-refractivity contribution >= 4 is 11.9 Å². The number of allylic oxidation sites excluding steroid dienone is 7. The zero-order chi connectivity index (χ0) is 50.0. The van der Waals surface area contributed by atoms with E-state index >= 15 is 0 Å². The van der Waals surface area contributed by atoms with Gasteiger partial charge in [0.05, 0.1) is 25.4 Å². The Morgan fingerprint density at radius 3 is 1.16 bits per heavy atom. The van der Waals surface area contributed by atoms with Crippen LogP contribution in [0.15, 0.2) is 48.6 Å². The number of rotatable bonds is 56. The van der Waals surface area contributed by atoms with Crippen LogP contribution in [0.1, 0.15) is 316 Å². The van der Waals surface area contributed by atoms with Gasteiger partial charge >= 0.3 is 5.97 Å². The quantitative estimate of drug-likeness (QED) is 0.0321. The summed E-state index contributed by atoms with van der Waals surface area (Å²) in [7, 11) is 0. The van der Waals surface area contributed by atoms with E-state index in [1.807, 2.05) is 6.08 Å². The predicted octanol–water partition coefficient (Wildman–Crippen LogP) is 19.0. The van der Waals surface area contributed by atoms with Crippen molar-refractivity contribution in [3.63, 3.8) is 0 Å². The average molecular weight is 969 g/mol. The third-order valence-electron chi connectivity index (χ3n) is 13.8. The molecule has 2 atom stereocenters. The lowest BCUT2D eigenvalue weighted by Gasteiger charge is -2.20. The predicted molar refractivity (Wildman–Crippen MR) is 301 cm³/mol. The van der Waals surface area contributed by atoms with Gasteiger partial charge in [-0.2, -0.15) is 0 Å². The number of ether oxygens (including phenoxy) is 1. The first kappa shape index (κ1) is 66.8. The highest BCUT2D eigenvalue weighted by atomic mass is 16.5. The van der Waals surface area contributed by atoms with Gasteiger partial charge < -0.3 is 20.3 Å². The van der Waals surface area contributed by atoms with E-state index in [2.05, 4.69) is 55.6 Å². The van der Waals surface area contributed by atoms with E-state index in [0.717, 1.165) is 51.4 Å². The summed E-state index contributed by atoms with van der Waals surface area (Å²) in [5.74, 6) is -0.0720. The molecule has 0 aromatic rings. The normalized spacial score (nSPS) is 12.9. The SMILES string of the molecule is CCCC/C=C\C/C=C\CCCCCCCC(=O)OCCCCCCCCCCCCCC/C=C\CCCCCCCCCCCCC(=O)NC(CO)C(O)/C=C/CCCCCCCCCCCC. The van der Waals surface area contributed by atoms with Gasteiger partial charge in [-0.15, -0.1) is 0 Å². The van der Waals surface area contributed by atoms with Crippen LogP contribution in [-0.2, 0) is 14.3 Å². The van der Waals surface area contributed by atoms with Gasteiger partial charge in [0.1, 0.15) is 0 Å². The van der Waals surface area contributed by atoms with Crippen molar-refractivity contribution in [1.29, 1.82) is 0 Å². The Balaban J connectivity index is 3.41. The number of hydrogen-bond acceptors (Lipinski definition) is 5. The second kappa shape index (κ2) is 58.4. The van der Waals surface area contributed by atoms with Crippen molar-refractivity contribution in [1.82, 2.24) is 5.32 Å². The molecule has 0 saturated heterocycles. The van der Waals surface area contributed by atoms with Crippen LogP contribution in [0.5, 0.6) is 0 Å². The van der Waals surface area contributed by atoms with E-state index in [9.17, 15) is 19.8 Å². The van der Waals surface area contributed by atoms with Crippen molar-refractivity contribution < 1.29 is 24.5 Å². The molecule has 0 bridgehead atoms. The van der Waals surface area contributed by atoms with Crippen LogP contribution in [0.25, 0.3) is 0 Å². The monoisotopic (exact) mass is 968 g/mol. The minimum absolute atomic E-state index is 0.00126. The molecule has 0 aliphatic rings. The van der Waals surface area contributed by atoms with Crippen LogP contribution in [0.3, 0.4) is 0 Å². The lowest BCUT2D eigenvalue weighted by Crippen LogP contribution is -2.45. The standard InChI is InChI=1S/C63H117NO5/c1-3-5-7-9-11-13-15-17-33-37-41-45-49-53-57-63(68)69-58-54-50-46-42-38-34-31-29-27-25-23-21-19-18-20-22-24-26-28-30-32-36-40-44-48-52-56-62(67)64-60(59-65)61(66)55-51-47-43-39-35-16-14-12-10-8-6-4-2/h9,11,15,17-18,20,51,55,60-61,65-66H,3-8,10,12-14,16,19,21-50,52-54,56-59H2,1-2H3,(H,64,67)/b11-9-,17-15-,20-18-,55-51+. The topological polar surface area (TPSA) is 95.9 Å². The van der Waals surface area contributed by atoms with Crippen LogP contribution in [0, 0.1) is 0 Å². The molecule has 0 aromatic heterocycles. The summed E-state index contributed by atoms with van der Waals surface area (Å²) in [4.78, 5) is 24.5. The number of amides is 1. The van der Waals surface area contributed by atoms with Gasteiger partial charge in [0, 0.05) is 12.8 Å². The number of nitrogens with one attached hydrogen (secondary N) is 1. The van der Waals surface area contributed by atoms with E-state index in [0.29, 0.717) is 19.4 Å². The molecule has 3 N–H and O–H groups in total. The average Bonchev–Trinajstić information content (AvgIpc) is 3.35. The van der Waals surface area contributed by atoms with Gasteiger partial charge in [-0.25, -0.2) is 0 Å². The van der Waals surface area contributed by atoms with Crippen LogP contribution < -0.4 is 5.32 Å². The van der Waals surface area contributed by atoms with Gasteiger partial charge in [-0.1, -0.05) is 268 Å². The van der Waals surface area contributed by atoms with E-state index < -0.39 is 12.1 Å². The molecule has 0 saturated carbocycles. The number of aliphatic hydroxyl groups is 2. The summed E-state index contributed by atoms with van der Waals surface area (Å²) in [6.07, 6.45) is 74.4. The first-order chi connectivity index (χ1) is 34.0. The summed E-state index contributed by atoms with van der Waals surface area (Å²) in [5.41, 5.74) is 0. The Bertz CT molecular complexity index is 1160. The fraction of sp³-hybridized carbons (Fsp3) is 0.841. The van der Waals surface area contributed by atoms with E-state index in [1.165, 1.54) is 238 Å². The van der Waals surface area contributed by atoms with Crippen LogP contribution in [-0.4, -0.2) is 47.4 Å². The third-order valence-corrected chi connectivity index (χ3v) is 13.8. The second-order valence-electron chi connectivity index (χ2n) is 20.7. The molecule has 0 aromatic carbocycles. The van der Waals surface area contributed by atoms with Gasteiger partial charge in [-0.05, 0) is 83.5 Å². The number of esters is 1. The number of aliphatic hydroxyl groups excluding tert-OH is 2. The van der Waals surface area contributed by atoms with Crippen LogP contribution in [0.2, 0.25) is 0 Å². The number of carbonyl (C=O) groups is 2. The number of carbonyl (C=O) groups excluding carboxylic acids is 2. The summed E-state index contributed by atoms with van der Waals surface area (Å²) in [5, 5.41) is 23.0. The molecule has 0 aliphatic carbocycles. The lowest BCUT2D eigenvalue weighted by molar-refractivity contribution is -0.143. The highest BCUT2D eigenvalue weighted by molar-refractivity contribution is 5.76. The zero-order valence-electron chi connectivity index (χ0n) is 46.0. The molecular formula is C63H117NO5. The molecule has 2 unspecified atom stereocenters. The van der Waals surface area contributed by atoms with Crippen LogP contribution >= 0.6 is 0 Å².